The highest BCUT2D eigenvalue weighted by atomic mass is 16.7. The highest BCUT2D eigenvalue weighted by molar-refractivity contribution is 4.92. The first-order chi connectivity index (χ1) is 6.65. The van der Waals surface area contributed by atoms with Crippen molar-refractivity contribution < 1.29 is 24.4 Å². The van der Waals surface area contributed by atoms with Crippen LogP contribution in [-0.2, 0) is 14.2 Å². The Hall–Kier alpha value is -0.240. The lowest BCUT2D eigenvalue weighted by Crippen LogP contribution is -2.62. The van der Waals surface area contributed by atoms with Gasteiger partial charge < -0.3 is 30.2 Å². The molecule has 6 nitrogen and oxygen atoms in total. The first kappa shape index (κ1) is 11.8. The van der Waals surface area contributed by atoms with Gasteiger partial charge in [0, 0.05) is 14.2 Å². The largest absolute Gasteiger partial charge is 0.394 e. The van der Waals surface area contributed by atoms with Gasteiger partial charge >= 0.3 is 0 Å². The predicted molar refractivity (Wildman–Crippen MR) is 47.5 cm³/mol. The summed E-state index contributed by atoms with van der Waals surface area (Å²) in [5.41, 5.74) is 5.65. The van der Waals surface area contributed by atoms with Crippen molar-refractivity contribution in [2.45, 2.75) is 30.6 Å². The molecule has 0 amide bonds. The summed E-state index contributed by atoms with van der Waals surface area (Å²) in [4.78, 5) is 0. The van der Waals surface area contributed by atoms with E-state index in [9.17, 15) is 5.11 Å². The number of ether oxygens (including phenoxy) is 3. The molecule has 0 aromatic heterocycles. The summed E-state index contributed by atoms with van der Waals surface area (Å²) < 4.78 is 15.2. The standard InChI is InChI=1S/C8H17NO5/c1-12-7-4(3-10)14-8(13-2)5(9)6(7)11/h4-8,10-11H,3,9H2,1-2H3/t4?,5?,6-,7?,8-/m0/s1. The monoisotopic (exact) mass is 207 g/mol. The van der Waals surface area contributed by atoms with Crippen LogP contribution in [-0.4, -0.2) is 61.7 Å². The minimum atomic E-state index is -0.907. The summed E-state index contributed by atoms with van der Waals surface area (Å²) in [7, 11) is 2.86. The van der Waals surface area contributed by atoms with Crippen LogP contribution in [0.1, 0.15) is 0 Å². The van der Waals surface area contributed by atoms with Crippen molar-refractivity contribution in [2.75, 3.05) is 20.8 Å². The van der Waals surface area contributed by atoms with Crippen LogP contribution in [0.15, 0.2) is 0 Å². The molecule has 14 heavy (non-hydrogen) atoms. The Bertz CT molecular complexity index is 177. The van der Waals surface area contributed by atoms with E-state index in [1.165, 1.54) is 14.2 Å². The lowest BCUT2D eigenvalue weighted by Gasteiger charge is -2.41. The number of aliphatic hydroxyl groups excluding tert-OH is 2. The van der Waals surface area contributed by atoms with Crippen molar-refractivity contribution >= 4 is 0 Å². The van der Waals surface area contributed by atoms with Crippen LogP contribution >= 0.6 is 0 Å². The maximum absolute atomic E-state index is 9.72. The SMILES string of the molecule is COC1C(CO)O[C@H](OC)C(N)[C@@H]1O. The third kappa shape index (κ3) is 2.05. The summed E-state index contributed by atoms with van der Waals surface area (Å²) in [6, 6.07) is -0.673. The average molecular weight is 207 g/mol. The second-order valence-corrected chi connectivity index (χ2v) is 3.23. The molecule has 1 heterocycles. The lowest BCUT2D eigenvalue weighted by atomic mass is 9.97. The van der Waals surface area contributed by atoms with Crippen molar-refractivity contribution in [3.05, 3.63) is 0 Å². The van der Waals surface area contributed by atoms with Crippen LogP contribution in [0.3, 0.4) is 0 Å². The van der Waals surface area contributed by atoms with Crippen LogP contribution in [0.4, 0.5) is 0 Å². The van der Waals surface area contributed by atoms with E-state index in [1.807, 2.05) is 0 Å². The molecule has 0 aliphatic carbocycles. The lowest BCUT2D eigenvalue weighted by molar-refractivity contribution is -0.262. The molecule has 0 spiro atoms. The van der Waals surface area contributed by atoms with E-state index in [2.05, 4.69) is 0 Å². The van der Waals surface area contributed by atoms with Gasteiger partial charge in [0.2, 0.25) is 0 Å². The van der Waals surface area contributed by atoms with Gasteiger partial charge in [0.1, 0.15) is 18.3 Å². The van der Waals surface area contributed by atoms with Crippen LogP contribution in [0.2, 0.25) is 0 Å². The number of nitrogens with two attached hydrogens (primary N) is 1. The Morgan fingerprint density at radius 3 is 2.43 bits per heavy atom. The van der Waals surface area contributed by atoms with E-state index in [0.29, 0.717) is 0 Å². The van der Waals surface area contributed by atoms with E-state index in [0.717, 1.165) is 0 Å². The Labute approximate surface area is 82.6 Å². The summed E-state index contributed by atoms with van der Waals surface area (Å²) in [6.45, 7) is -0.248. The Morgan fingerprint density at radius 1 is 1.36 bits per heavy atom. The fourth-order valence-electron chi connectivity index (χ4n) is 1.59. The predicted octanol–water partition coefficient (Wildman–Crippen LogP) is -1.95. The van der Waals surface area contributed by atoms with Gasteiger partial charge in [0.15, 0.2) is 6.29 Å². The summed E-state index contributed by atoms with van der Waals surface area (Å²) in [5, 5.41) is 18.7. The van der Waals surface area contributed by atoms with Crippen molar-refractivity contribution in [2.24, 2.45) is 5.73 Å². The summed E-state index contributed by atoms with van der Waals surface area (Å²) >= 11 is 0. The Kier molecular flexibility index (Phi) is 4.24. The van der Waals surface area contributed by atoms with Crippen LogP contribution in [0.25, 0.3) is 0 Å². The molecule has 84 valence electrons. The maximum atomic E-state index is 9.72. The molecule has 4 N–H and O–H groups in total. The molecule has 1 fully saturated rings. The fraction of sp³-hybridized carbons (Fsp3) is 1.00. The smallest absolute Gasteiger partial charge is 0.175 e. The molecule has 1 aliphatic heterocycles. The minimum absolute atomic E-state index is 0.248. The first-order valence-corrected chi connectivity index (χ1v) is 4.41. The molecule has 6 heteroatoms. The third-order valence-electron chi connectivity index (χ3n) is 2.40. The number of rotatable bonds is 3. The van der Waals surface area contributed by atoms with E-state index in [4.69, 9.17) is 25.1 Å². The first-order valence-electron chi connectivity index (χ1n) is 4.41. The van der Waals surface area contributed by atoms with Crippen molar-refractivity contribution in [3.8, 4) is 0 Å². The van der Waals surface area contributed by atoms with Gasteiger partial charge in [0.25, 0.3) is 0 Å². The molecule has 0 aromatic carbocycles. The molecule has 1 aliphatic rings. The summed E-state index contributed by atoms with van der Waals surface area (Å²) in [6.07, 6.45) is -2.86. The second kappa shape index (κ2) is 5.01. The molecule has 5 atom stereocenters. The van der Waals surface area contributed by atoms with E-state index in [1.54, 1.807) is 0 Å². The van der Waals surface area contributed by atoms with E-state index < -0.39 is 30.6 Å². The zero-order valence-corrected chi connectivity index (χ0v) is 8.29. The van der Waals surface area contributed by atoms with Crippen LogP contribution < -0.4 is 5.73 Å². The number of methoxy groups -OCH3 is 2. The van der Waals surface area contributed by atoms with Gasteiger partial charge in [-0.2, -0.15) is 0 Å². The van der Waals surface area contributed by atoms with Crippen LogP contribution in [0, 0.1) is 0 Å². The molecular weight excluding hydrogens is 190 g/mol. The Balaban J connectivity index is 2.71. The van der Waals surface area contributed by atoms with Crippen molar-refractivity contribution in [1.82, 2.24) is 0 Å². The molecule has 1 rings (SSSR count). The summed E-state index contributed by atoms with van der Waals surface area (Å²) in [5.74, 6) is 0. The molecule has 0 aromatic rings. The third-order valence-corrected chi connectivity index (χ3v) is 2.40. The quantitative estimate of drug-likeness (QED) is 0.498. The zero-order valence-electron chi connectivity index (χ0n) is 8.29. The maximum Gasteiger partial charge on any atom is 0.175 e. The highest BCUT2D eigenvalue weighted by Gasteiger charge is 2.43. The van der Waals surface area contributed by atoms with E-state index >= 15 is 0 Å². The zero-order chi connectivity index (χ0) is 10.7. The molecule has 3 unspecified atom stereocenters. The van der Waals surface area contributed by atoms with Gasteiger partial charge in [-0.3, -0.25) is 0 Å². The minimum Gasteiger partial charge on any atom is -0.394 e. The topological polar surface area (TPSA) is 94.2 Å². The molecule has 0 saturated carbocycles. The number of hydrogen-bond acceptors (Lipinski definition) is 6. The van der Waals surface area contributed by atoms with Gasteiger partial charge in [-0.05, 0) is 0 Å². The average Bonchev–Trinajstić information content (AvgIpc) is 2.21. The number of aliphatic hydroxyl groups is 2. The van der Waals surface area contributed by atoms with Crippen LogP contribution in [0.5, 0.6) is 0 Å². The van der Waals surface area contributed by atoms with Gasteiger partial charge in [-0.1, -0.05) is 0 Å². The van der Waals surface area contributed by atoms with Crippen molar-refractivity contribution in [3.63, 3.8) is 0 Å². The number of hydrogen-bond donors (Lipinski definition) is 3. The molecular formula is C8H17NO5. The Morgan fingerprint density at radius 2 is 2.00 bits per heavy atom. The molecule has 0 bridgehead atoms. The highest BCUT2D eigenvalue weighted by Crippen LogP contribution is 2.21. The second-order valence-electron chi connectivity index (χ2n) is 3.23. The molecule has 1 saturated heterocycles. The molecule has 0 radical (unpaired) electrons. The van der Waals surface area contributed by atoms with E-state index in [-0.39, 0.29) is 6.61 Å². The van der Waals surface area contributed by atoms with Gasteiger partial charge in [0.05, 0.1) is 12.6 Å². The van der Waals surface area contributed by atoms with Crippen molar-refractivity contribution in [1.29, 1.82) is 0 Å². The van der Waals surface area contributed by atoms with Gasteiger partial charge in [-0.15, -0.1) is 0 Å². The normalized spacial score (nSPS) is 43.9. The fourth-order valence-corrected chi connectivity index (χ4v) is 1.59. The van der Waals surface area contributed by atoms with Gasteiger partial charge in [-0.25, -0.2) is 0 Å².